The Morgan fingerprint density at radius 3 is 2.29 bits per heavy atom. The topological polar surface area (TPSA) is 176 Å². The van der Waals surface area contributed by atoms with Crippen molar-refractivity contribution in [2.45, 2.75) is 45.3 Å². The van der Waals surface area contributed by atoms with Gasteiger partial charge in [0.05, 0.1) is 13.3 Å². The molecule has 1 aliphatic heterocycles. The third-order valence-corrected chi connectivity index (χ3v) is 5.34. The molecule has 15 nitrogen and oxygen atoms in total. The van der Waals surface area contributed by atoms with Crippen molar-refractivity contribution in [3.05, 3.63) is 42.4 Å². The maximum absolute atomic E-state index is 12.6. The van der Waals surface area contributed by atoms with E-state index in [1.165, 1.54) is 11.6 Å². The number of hydrogen-bond acceptors (Lipinski definition) is 13. The second-order valence-corrected chi connectivity index (χ2v) is 8.10. The van der Waals surface area contributed by atoms with E-state index in [4.69, 9.17) is 23.7 Å². The zero-order valence-corrected chi connectivity index (χ0v) is 20.8. The summed E-state index contributed by atoms with van der Waals surface area (Å²) in [5, 5.41) is 12.5. The molecule has 0 aliphatic carbocycles. The minimum atomic E-state index is -1.32. The van der Waals surface area contributed by atoms with Crippen LogP contribution in [-0.2, 0) is 38.1 Å². The normalized spacial score (nSPS) is 20.5. The minimum Gasteiger partial charge on any atom is -0.463 e. The molecule has 0 bridgehead atoms. The number of carbonyl (C=O) groups is 4. The summed E-state index contributed by atoms with van der Waals surface area (Å²) >= 11 is 0. The van der Waals surface area contributed by atoms with Gasteiger partial charge in [0.15, 0.2) is 18.4 Å². The van der Waals surface area contributed by atoms with Crippen LogP contribution in [0.2, 0.25) is 0 Å². The molecular formula is C23H24N6O9. The highest BCUT2D eigenvalue weighted by Gasteiger charge is 2.52. The van der Waals surface area contributed by atoms with E-state index in [-0.39, 0.29) is 18.4 Å². The van der Waals surface area contributed by atoms with Gasteiger partial charge in [0.25, 0.3) is 5.95 Å². The first kappa shape index (κ1) is 26.4. The van der Waals surface area contributed by atoms with Gasteiger partial charge in [-0.2, -0.15) is 9.67 Å². The van der Waals surface area contributed by atoms with Crippen LogP contribution in [0.15, 0.2) is 36.5 Å². The Morgan fingerprint density at radius 2 is 1.66 bits per heavy atom. The SMILES string of the molecule is COC(=O)c1nc(-n2cc(-c3ccccc3)nn2)nn1[C@@H]1O[C@H](COC(C)=O)[C@@H](OC(C)=O)[C@H]1OC(C)=O. The highest BCUT2D eigenvalue weighted by atomic mass is 16.7. The maximum Gasteiger partial charge on any atom is 0.376 e. The van der Waals surface area contributed by atoms with E-state index in [9.17, 15) is 19.2 Å². The van der Waals surface area contributed by atoms with E-state index in [1.807, 2.05) is 30.3 Å². The molecular weight excluding hydrogens is 504 g/mol. The lowest BCUT2D eigenvalue weighted by molar-refractivity contribution is -0.166. The van der Waals surface area contributed by atoms with Crippen molar-refractivity contribution < 1.29 is 42.9 Å². The lowest BCUT2D eigenvalue weighted by Gasteiger charge is -2.23. The van der Waals surface area contributed by atoms with Crippen molar-refractivity contribution in [2.24, 2.45) is 0 Å². The summed E-state index contributed by atoms with van der Waals surface area (Å²) in [5.41, 5.74) is 1.31. The van der Waals surface area contributed by atoms with Gasteiger partial charge in [-0.25, -0.2) is 9.48 Å². The molecule has 4 atom stereocenters. The summed E-state index contributed by atoms with van der Waals surface area (Å²) in [6.07, 6.45) is -3.32. The molecule has 0 amide bonds. The number of aromatic nitrogens is 6. The van der Waals surface area contributed by atoms with Crippen LogP contribution in [-0.4, -0.2) is 85.7 Å². The molecule has 0 radical (unpaired) electrons. The summed E-state index contributed by atoms with van der Waals surface area (Å²) in [6, 6.07) is 9.23. The van der Waals surface area contributed by atoms with Crippen molar-refractivity contribution in [1.82, 2.24) is 29.8 Å². The van der Waals surface area contributed by atoms with E-state index in [0.29, 0.717) is 5.69 Å². The van der Waals surface area contributed by atoms with Crippen molar-refractivity contribution in [3.63, 3.8) is 0 Å². The molecule has 3 heterocycles. The van der Waals surface area contributed by atoms with E-state index in [1.54, 1.807) is 6.20 Å². The zero-order chi connectivity index (χ0) is 27.4. The van der Waals surface area contributed by atoms with Gasteiger partial charge in [-0.1, -0.05) is 35.5 Å². The fourth-order valence-corrected chi connectivity index (χ4v) is 3.81. The molecule has 0 saturated carbocycles. The predicted molar refractivity (Wildman–Crippen MR) is 123 cm³/mol. The van der Waals surface area contributed by atoms with Crippen LogP contribution < -0.4 is 0 Å². The number of nitrogens with zero attached hydrogens (tertiary/aromatic N) is 6. The average molecular weight is 528 g/mol. The van der Waals surface area contributed by atoms with Crippen molar-refractivity contribution in [2.75, 3.05) is 13.7 Å². The van der Waals surface area contributed by atoms with E-state index in [2.05, 4.69) is 20.4 Å². The third-order valence-electron chi connectivity index (χ3n) is 5.34. The van der Waals surface area contributed by atoms with E-state index in [0.717, 1.165) is 31.2 Å². The molecule has 0 N–H and O–H groups in total. The first-order valence-corrected chi connectivity index (χ1v) is 11.3. The lowest BCUT2D eigenvalue weighted by atomic mass is 10.1. The molecule has 4 rings (SSSR count). The average Bonchev–Trinajstić information content (AvgIpc) is 3.60. The number of methoxy groups -OCH3 is 1. The molecule has 1 aromatic carbocycles. The molecule has 200 valence electrons. The number of benzene rings is 1. The zero-order valence-electron chi connectivity index (χ0n) is 20.8. The second-order valence-electron chi connectivity index (χ2n) is 8.10. The molecule has 1 aliphatic rings. The molecule has 38 heavy (non-hydrogen) atoms. The Hall–Kier alpha value is -4.66. The Bertz CT molecular complexity index is 1340. The van der Waals surface area contributed by atoms with Crippen LogP contribution in [0.1, 0.15) is 37.6 Å². The van der Waals surface area contributed by atoms with Gasteiger partial charge in [-0.05, 0) is 0 Å². The fourth-order valence-electron chi connectivity index (χ4n) is 3.81. The summed E-state index contributed by atoms with van der Waals surface area (Å²) in [6.45, 7) is 3.16. The number of esters is 4. The first-order valence-electron chi connectivity index (χ1n) is 11.3. The van der Waals surface area contributed by atoms with Crippen LogP contribution >= 0.6 is 0 Å². The van der Waals surface area contributed by atoms with E-state index >= 15 is 0 Å². The monoisotopic (exact) mass is 528 g/mol. The number of hydrogen-bond donors (Lipinski definition) is 0. The molecule has 1 fully saturated rings. The molecule has 1 saturated heterocycles. The minimum absolute atomic E-state index is 0.0715. The van der Waals surface area contributed by atoms with Gasteiger partial charge < -0.3 is 23.7 Å². The second kappa shape index (κ2) is 11.2. The van der Waals surface area contributed by atoms with Gasteiger partial charge in [0.1, 0.15) is 18.4 Å². The largest absolute Gasteiger partial charge is 0.463 e. The van der Waals surface area contributed by atoms with Crippen LogP contribution in [0.4, 0.5) is 0 Å². The van der Waals surface area contributed by atoms with Crippen molar-refractivity contribution in [1.29, 1.82) is 0 Å². The quantitative estimate of drug-likeness (QED) is 0.294. The van der Waals surface area contributed by atoms with Gasteiger partial charge in [-0.3, -0.25) is 14.4 Å². The standard InChI is InChI=1S/C23H24N6O9/c1-12(30)35-11-17-18(36-13(2)31)19(37-14(3)32)21(38-17)29-20(22(33)34-4)24-23(26-29)28-10-16(25-27-28)15-8-6-5-7-9-15/h5-10,17-19,21H,11H2,1-4H3/t17-,18-,19-,21-/m1/s1. The maximum atomic E-state index is 12.6. The van der Waals surface area contributed by atoms with Gasteiger partial charge in [-0.15, -0.1) is 10.2 Å². The van der Waals surface area contributed by atoms with Crippen molar-refractivity contribution in [3.8, 4) is 17.2 Å². The summed E-state index contributed by atoms with van der Waals surface area (Å²) in [7, 11) is 1.15. The molecule has 15 heteroatoms. The molecule has 2 aromatic heterocycles. The van der Waals surface area contributed by atoms with Crippen molar-refractivity contribution >= 4 is 23.9 Å². The van der Waals surface area contributed by atoms with Gasteiger partial charge in [0, 0.05) is 26.3 Å². The Labute approximate surface area is 215 Å². The Balaban J connectivity index is 1.75. The predicted octanol–water partition coefficient (Wildman–Crippen LogP) is 0.636. The van der Waals surface area contributed by atoms with Crippen LogP contribution in [0.25, 0.3) is 17.2 Å². The number of rotatable bonds is 8. The van der Waals surface area contributed by atoms with Gasteiger partial charge in [0.2, 0.25) is 5.82 Å². The molecule has 0 spiro atoms. The van der Waals surface area contributed by atoms with Crippen LogP contribution in [0, 0.1) is 0 Å². The van der Waals surface area contributed by atoms with Crippen LogP contribution in [0.5, 0.6) is 0 Å². The third kappa shape index (κ3) is 5.67. The Morgan fingerprint density at radius 1 is 0.974 bits per heavy atom. The Kier molecular flexibility index (Phi) is 7.76. The fraction of sp³-hybridized carbons (Fsp3) is 0.391. The summed E-state index contributed by atoms with van der Waals surface area (Å²) in [4.78, 5) is 52.1. The smallest absolute Gasteiger partial charge is 0.376 e. The first-order chi connectivity index (χ1) is 18.2. The highest BCUT2D eigenvalue weighted by Crippen LogP contribution is 2.35. The lowest BCUT2D eigenvalue weighted by Crippen LogP contribution is -2.41. The summed E-state index contributed by atoms with van der Waals surface area (Å²) < 4.78 is 28.9. The molecule has 3 aromatic rings. The highest BCUT2D eigenvalue weighted by molar-refractivity contribution is 5.85. The summed E-state index contributed by atoms with van der Waals surface area (Å²) in [5.74, 6) is -3.31. The van der Waals surface area contributed by atoms with Crippen LogP contribution in [0.3, 0.4) is 0 Å². The molecule has 0 unspecified atom stereocenters. The van der Waals surface area contributed by atoms with Gasteiger partial charge >= 0.3 is 23.9 Å². The number of carbonyl (C=O) groups excluding carboxylic acids is 4. The van der Waals surface area contributed by atoms with E-state index < -0.39 is 48.4 Å². The number of ether oxygens (including phenoxy) is 5.